The Morgan fingerprint density at radius 3 is 1.92 bits per heavy atom. The number of carbonyl (C=O) groups is 3. The number of ether oxygens (including phenoxy) is 1. The molecule has 206 valence electrons. The SMILES string of the molecule is C/C(=C\CSC[C@H](NC(=O)COCC(=O)O)C(=O)O)CCCC(C)CCCC(C)CCCC(C)C.[Na].[Na]. The van der Waals surface area contributed by atoms with Gasteiger partial charge in [-0.2, -0.15) is 11.8 Å². The molecule has 7 nitrogen and oxygen atoms in total. The number of hydrogen-bond donors (Lipinski definition) is 3. The third-order valence-corrected chi connectivity index (χ3v) is 7.04. The van der Waals surface area contributed by atoms with Gasteiger partial charge in [-0.15, -0.1) is 0 Å². The first-order chi connectivity index (χ1) is 16.5. The Kier molecular flexibility index (Phi) is 30.2. The van der Waals surface area contributed by atoms with E-state index in [0.717, 1.165) is 24.2 Å². The molecule has 0 rings (SSSR count). The van der Waals surface area contributed by atoms with Crippen LogP contribution >= 0.6 is 11.8 Å². The van der Waals surface area contributed by atoms with Crippen molar-refractivity contribution in [2.75, 3.05) is 24.7 Å². The number of nitrogens with one attached hydrogen (secondary N) is 1. The van der Waals surface area contributed by atoms with E-state index in [-0.39, 0.29) is 64.9 Å². The molecular formula is C27H49NNa2O6S. The molecule has 0 aromatic rings. The minimum absolute atomic E-state index is 0. The molecule has 0 aliphatic carbocycles. The van der Waals surface area contributed by atoms with E-state index in [1.165, 1.54) is 68.7 Å². The second-order valence-electron chi connectivity index (χ2n) is 10.3. The van der Waals surface area contributed by atoms with Crippen LogP contribution in [0.1, 0.15) is 92.4 Å². The second kappa shape index (κ2) is 26.7. The molecule has 2 unspecified atom stereocenters. The molecule has 1 amide bonds. The van der Waals surface area contributed by atoms with Crippen LogP contribution < -0.4 is 5.32 Å². The van der Waals surface area contributed by atoms with Gasteiger partial charge in [0, 0.05) is 70.6 Å². The second-order valence-corrected chi connectivity index (χ2v) is 11.4. The smallest absolute Gasteiger partial charge is 0.329 e. The molecule has 37 heavy (non-hydrogen) atoms. The van der Waals surface area contributed by atoms with Gasteiger partial charge in [-0.05, 0) is 37.5 Å². The minimum atomic E-state index is -1.18. The van der Waals surface area contributed by atoms with Crippen molar-refractivity contribution in [2.45, 2.75) is 98.4 Å². The van der Waals surface area contributed by atoms with E-state index in [1.54, 1.807) is 0 Å². The van der Waals surface area contributed by atoms with Crippen molar-refractivity contribution in [3.05, 3.63) is 11.6 Å². The van der Waals surface area contributed by atoms with Gasteiger partial charge in [0.15, 0.2) is 0 Å². The van der Waals surface area contributed by atoms with Gasteiger partial charge in [0.25, 0.3) is 0 Å². The van der Waals surface area contributed by atoms with Crippen molar-refractivity contribution in [3.63, 3.8) is 0 Å². The Hall–Kier alpha value is 0.460. The van der Waals surface area contributed by atoms with Gasteiger partial charge in [0.2, 0.25) is 5.91 Å². The summed E-state index contributed by atoms with van der Waals surface area (Å²) in [6.45, 7) is 10.4. The van der Waals surface area contributed by atoms with Crippen molar-refractivity contribution >= 4 is 88.7 Å². The summed E-state index contributed by atoms with van der Waals surface area (Å²) in [6, 6.07) is -1.03. The fraction of sp³-hybridized carbons (Fsp3) is 0.815. The minimum Gasteiger partial charge on any atom is -0.480 e. The molecule has 0 aliphatic rings. The predicted octanol–water partition coefficient (Wildman–Crippen LogP) is 5.01. The van der Waals surface area contributed by atoms with E-state index in [1.807, 2.05) is 0 Å². The molecule has 0 aliphatic heterocycles. The Morgan fingerprint density at radius 2 is 1.41 bits per heavy atom. The monoisotopic (exact) mass is 561 g/mol. The molecule has 10 heteroatoms. The van der Waals surface area contributed by atoms with Crippen LogP contribution in [0.5, 0.6) is 0 Å². The van der Waals surface area contributed by atoms with E-state index in [2.05, 4.69) is 50.7 Å². The Labute approximate surface area is 273 Å². The first kappa shape index (κ1) is 41.9. The number of carboxylic acid groups (broad SMARTS) is 2. The molecule has 3 N–H and O–H groups in total. The van der Waals surface area contributed by atoms with Crippen LogP contribution in [0.15, 0.2) is 11.6 Å². The molecule has 0 fully saturated rings. The number of allylic oxidation sites excluding steroid dienone is 1. The van der Waals surface area contributed by atoms with Crippen molar-refractivity contribution in [1.82, 2.24) is 5.32 Å². The molecule has 0 saturated carbocycles. The standard InChI is InChI=1S/C27H49NO6S.2Na/c1-20(2)9-6-10-21(3)11-7-12-22(4)13-8-14-23(5)15-16-35-19-24(27(32)33)28-25(29)17-34-18-26(30)31;;/h15,20-22,24H,6-14,16-19H2,1-5H3,(H,28,29)(H,30,31)(H,32,33);;/b23-15+;;/t21?,22?,24-;;/m0../s1. The average Bonchev–Trinajstić information content (AvgIpc) is 2.75. The summed E-state index contributed by atoms with van der Waals surface area (Å²) in [4.78, 5) is 33.4. The summed E-state index contributed by atoms with van der Waals surface area (Å²) in [5.41, 5.74) is 1.31. The number of carbonyl (C=O) groups excluding carboxylic acids is 1. The maximum absolute atomic E-state index is 11.7. The Balaban J connectivity index is -0.00000578. The molecule has 3 atom stereocenters. The van der Waals surface area contributed by atoms with Gasteiger partial charge in [0.05, 0.1) is 0 Å². The number of thioether (sulfide) groups is 1. The Bertz CT molecular complexity index is 648. The third kappa shape index (κ3) is 27.8. The van der Waals surface area contributed by atoms with Gasteiger partial charge >= 0.3 is 11.9 Å². The molecular weight excluding hydrogens is 512 g/mol. The molecule has 0 spiro atoms. The normalized spacial score (nSPS) is 13.7. The topological polar surface area (TPSA) is 113 Å². The number of aliphatic carboxylic acids is 2. The quantitative estimate of drug-likeness (QED) is 0.0967. The zero-order valence-corrected chi connectivity index (χ0v) is 29.3. The molecule has 2 radical (unpaired) electrons. The van der Waals surface area contributed by atoms with E-state index in [4.69, 9.17) is 5.11 Å². The van der Waals surface area contributed by atoms with Crippen LogP contribution in [-0.4, -0.2) is 118 Å². The fourth-order valence-corrected chi connectivity index (χ4v) is 4.84. The molecule has 0 bridgehead atoms. The summed E-state index contributed by atoms with van der Waals surface area (Å²) < 4.78 is 4.68. The number of amides is 1. The van der Waals surface area contributed by atoms with Gasteiger partial charge in [-0.3, -0.25) is 4.79 Å². The van der Waals surface area contributed by atoms with Crippen molar-refractivity contribution < 1.29 is 29.3 Å². The van der Waals surface area contributed by atoms with Crippen LogP contribution in [0, 0.1) is 17.8 Å². The molecule has 0 heterocycles. The van der Waals surface area contributed by atoms with Crippen molar-refractivity contribution in [3.8, 4) is 0 Å². The van der Waals surface area contributed by atoms with Gasteiger partial charge < -0.3 is 20.3 Å². The van der Waals surface area contributed by atoms with Gasteiger partial charge in [-0.25, -0.2) is 9.59 Å². The zero-order valence-electron chi connectivity index (χ0n) is 24.5. The van der Waals surface area contributed by atoms with E-state index < -0.39 is 37.1 Å². The van der Waals surface area contributed by atoms with Gasteiger partial charge in [-0.1, -0.05) is 84.3 Å². The van der Waals surface area contributed by atoms with E-state index in [0.29, 0.717) is 5.75 Å². The third-order valence-electron chi connectivity index (χ3n) is 6.07. The van der Waals surface area contributed by atoms with Crippen LogP contribution in [0.3, 0.4) is 0 Å². The van der Waals surface area contributed by atoms with Crippen LogP contribution in [-0.2, 0) is 19.1 Å². The number of rotatable bonds is 22. The maximum atomic E-state index is 11.7. The van der Waals surface area contributed by atoms with Crippen LogP contribution in [0.4, 0.5) is 0 Å². The van der Waals surface area contributed by atoms with Gasteiger partial charge in [0.1, 0.15) is 19.3 Å². The number of hydrogen-bond acceptors (Lipinski definition) is 5. The maximum Gasteiger partial charge on any atom is 0.329 e. The van der Waals surface area contributed by atoms with Crippen LogP contribution in [0.25, 0.3) is 0 Å². The predicted molar refractivity (Wildman–Crippen MR) is 155 cm³/mol. The first-order valence-electron chi connectivity index (χ1n) is 13.1. The largest absolute Gasteiger partial charge is 0.480 e. The van der Waals surface area contributed by atoms with E-state index in [9.17, 15) is 19.5 Å². The summed E-state index contributed by atoms with van der Waals surface area (Å²) in [5, 5.41) is 20.1. The zero-order chi connectivity index (χ0) is 26.6. The Morgan fingerprint density at radius 1 is 0.865 bits per heavy atom. The average molecular weight is 562 g/mol. The molecule has 0 saturated heterocycles. The molecule has 0 aromatic carbocycles. The summed E-state index contributed by atoms with van der Waals surface area (Å²) in [5.74, 6) is 0.373. The van der Waals surface area contributed by atoms with Crippen LogP contribution in [0.2, 0.25) is 0 Å². The molecule has 0 aromatic heterocycles. The fourth-order valence-electron chi connectivity index (χ4n) is 3.84. The van der Waals surface area contributed by atoms with Crippen molar-refractivity contribution in [1.29, 1.82) is 0 Å². The summed E-state index contributed by atoms with van der Waals surface area (Å²) in [6.07, 6.45) is 13.6. The van der Waals surface area contributed by atoms with E-state index >= 15 is 0 Å². The summed E-state index contributed by atoms with van der Waals surface area (Å²) in [7, 11) is 0. The van der Waals surface area contributed by atoms with Crippen molar-refractivity contribution in [2.24, 2.45) is 17.8 Å². The summed E-state index contributed by atoms with van der Waals surface area (Å²) >= 11 is 1.44. The number of carboxylic acids is 2. The first-order valence-corrected chi connectivity index (χ1v) is 14.2.